The number of rotatable bonds is 12. The first kappa shape index (κ1) is 44.2. The molecule has 0 amide bonds. The van der Waals surface area contributed by atoms with Gasteiger partial charge in [0.1, 0.15) is 18.1 Å². The van der Waals surface area contributed by atoms with E-state index in [0.717, 1.165) is 45.4 Å². The zero-order valence-electron chi connectivity index (χ0n) is 34.2. The third-order valence-corrected chi connectivity index (χ3v) is 12.2. The summed E-state index contributed by atoms with van der Waals surface area (Å²) in [5, 5.41) is 11.2. The number of likely N-dealkylation sites (N-methyl/N-ethyl adjacent to an activating group) is 2. The molecule has 3 fully saturated rings. The van der Waals surface area contributed by atoms with Crippen molar-refractivity contribution in [2.24, 2.45) is 29.1 Å². The Morgan fingerprint density at radius 2 is 1.71 bits per heavy atom. The lowest BCUT2D eigenvalue weighted by Gasteiger charge is -2.45. The van der Waals surface area contributed by atoms with Crippen LogP contribution in [0.2, 0.25) is 0 Å². The minimum Gasteiger partial charge on any atom is -0.463 e. The Hall–Kier alpha value is -1.22. The van der Waals surface area contributed by atoms with Crippen LogP contribution in [0.25, 0.3) is 0 Å². The first-order valence-electron chi connectivity index (χ1n) is 19.3. The van der Waals surface area contributed by atoms with E-state index in [0.29, 0.717) is 25.4 Å². The Labute approximate surface area is 309 Å². The first-order valence-corrected chi connectivity index (χ1v) is 19.3. The lowest BCUT2D eigenvalue weighted by molar-refractivity contribution is -0.263. The van der Waals surface area contributed by atoms with Crippen LogP contribution in [0.4, 0.5) is 0 Å². The van der Waals surface area contributed by atoms with Gasteiger partial charge >= 0.3 is 5.97 Å². The van der Waals surface area contributed by atoms with Crippen molar-refractivity contribution in [1.82, 2.24) is 14.7 Å². The lowest BCUT2D eigenvalue weighted by Crippen LogP contribution is -2.55. The number of nitrogens with zero attached hydrogens (tertiary/aromatic N) is 3. The predicted octanol–water partition coefficient (Wildman–Crippen LogP) is 4.07. The number of aliphatic hydroxyl groups is 1. The van der Waals surface area contributed by atoms with Gasteiger partial charge < -0.3 is 43.3 Å². The van der Waals surface area contributed by atoms with Crippen molar-refractivity contribution in [3.05, 3.63) is 0 Å². The Morgan fingerprint density at radius 3 is 2.29 bits per heavy atom. The Kier molecular flexibility index (Phi) is 16.4. The molecular weight excluding hydrogens is 654 g/mol. The minimum atomic E-state index is -1.37. The van der Waals surface area contributed by atoms with Crippen molar-refractivity contribution in [3.63, 3.8) is 0 Å². The molecule has 12 nitrogen and oxygen atoms in total. The highest BCUT2D eigenvalue weighted by molar-refractivity contribution is 6.04. The molecule has 3 aliphatic heterocycles. The van der Waals surface area contributed by atoms with Crippen LogP contribution in [0.15, 0.2) is 0 Å². The third-order valence-electron chi connectivity index (χ3n) is 12.2. The zero-order valence-corrected chi connectivity index (χ0v) is 34.2. The van der Waals surface area contributed by atoms with Crippen LogP contribution >= 0.6 is 0 Å². The van der Waals surface area contributed by atoms with Crippen LogP contribution in [0.3, 0.4) is 0 Å². The van der Waals surface area contributed by atoms with Crippen LogP contribution in [0, 0.1) is 29.1 Å². The van der Waals surface area contributed by atoms with Gasteiger partial charge in [0.05, 0.1) is 24.9 Å². The van der Waals surface area contributed by atoms with Gasteiger partial charge in [-0.05, 0) is 120 Å². The largest absolute Gasteiger partial charge is 0.463 e. The summed E-state index contributed by atoms with van der Waals surface area (Å²) < 4.78 is 36.1. The number of cyclic esters (lactones) is 1. The smallest absolute Gasteiger partial charge is 0.319 e. The maximum Gasteiger partial charge on any atom is 0.319 e. The van der Waals surface area contributed by atoms with Crippen molar-refractivity contribution >= 4 is 11.8 Å². The number of ether oxygens (including phenoxy) is 6. The fourth-order valence-corrected chi connectivity index (χ4v) is 8.54. The monoisotopic (exact) mass is 728 g/mol. The fraction of sp³-hybridized carbons (Fsp3) is 0.949. The molecule has 0 bridgehead atoms. The minimum absolute atomic E-state index is 0.0259. The lowest BCUT2D eigenvalue weighted by atomic mass is 9.69. The van der Waals surface area contributed by atoms with E-state index in [9.17, 15) is 14.7 Å². The van der Waals surface area contributed by atoms with Gasteiger partial charge in [-0.1, -0.05) is 13.8 Å². The summed E-state index contributed by atoms with van der Waals surface area (Å²) in [6.45, 7) is 20.0. The average Bonchev–Trinajstić information content (AvgIpc) is 3.07. The summed E-state index contributed by atoms with van der Waals surface area (Å²) >= 11 is 0. The van der Waals surface area contributed by atoms with E-state index >= 15 is 0 Å². The fourth-order valence-electron chi connectivity index (χ4n) is 8.54. The molecule has 9 atom stereocenters. The first-order chi connectivity index (χ1) is 23.8. The van der Waals surface area contributed by atoms with Gasteiger partial charge in [-0.25, -0.2) is 0 Å². The maximum atomic E-state index is 14.3. The molecule has 12 heteroatoms. The van der Waals surface area contributed by atoms with E-state index in [-0.39, 0.29) is 43.1 Å². The van der Waals surface area contributed by atoms with Gasteiger partial charge in [-0.15, -0.1) is 0 Å². The number of hydrogen-bond donors (Lipinski definition) is 1. The van der Waals surface area contributed by atoms with Gasteiger partial charge in [-0.3, -0.25) is 14.5 Å². The molecule has 1 N–H and O–H groups in total. The standard InChI is InChI=1S/C39H73N3O9/c1-26-22-39(8,47-13)30(24-48-35-33(43)31(40(9)10)21-27(2)51-35)28(3)34(44)37(4,5)36(45)49-25-32(41(11)23-26)29-15-18-42(19-16-29)17-14-20-50-38(6,7)46-12/h26-33,35,43H,14-25H2,1-13H3/t26-,27-,28-,30-,31+,32?,33-,35-,39-/m1/s1. The van der Waals surface area contributed by atoms with Crippen molar-refractivity contribution in [2.75, 3.05) is 81.4 Å². The molecule has 3 heterocycles. The molecular formula is C39H73N3O9. The van der Waals surface area contributed by atoms with Crippen LogP contribution in [-0.4, -0.2) is 155 Å². The highest BCUT2D eigenvalue weighted by atomic mass is 16.7. The van der Waals surface area contributed by atoms with Crippen LogP contribution < -0.4 is 0 Å². The van der Waals surface area contributed by atoms with E-state index in [2.05, 4.69) is 23.8 Å². The Balaban J connectivity index is 1.78. The quantitative estimate of drug-likeness (QED) is 0.135. The molecule has 0 radical (unpaired) electrons. The van der Waals surface area contributed by atoms with Gasteiger partial charge in [0.2, 0.25) is 0 Å². The van der Waals surface area contributed by atoms with Crippen molar-refractivity contribution in [1.29, 1.82) is 0 Å². The van der Waals surface area contributed by atoms with Crippen LogP contribution in [-0.2, 0) is 38.0 Å². The van der Waals surface area contributed by atoms with Gasteiger partial charge in [0.15, 0.2) is 17.9 Å². The number of carbonyl (C=O) groups excluding carboxylic acids is 2. The topological polar surface area (TPSA) is 119 Å². The van der Waals surface area contributed by atoms with E-state index in [1.54, 1.807) is 28.1 Å². The zero-order chi connectivity index (χ0) is 38.3. The average molecular weight is 728 g/mol. The number of ketones is 1. The number of esters is 1. The highest BCUT2D eigenvalue weighted by Gasteiger charge is 2.49. The summed E-state index contributed by atoms with van der Waals surface area (Å²) in [6.07, 6.45) is 2.50. The summed E-state index contributed by atoms with van der Waals surface area (Å²) in [4.78, 5) is 34.9. The SMILES string of the molecule is COC(C)(C)OCCCN1CCC(C2COC(=O)C(C)(C)C(=O)[C@H](C)[C@@H](CO[C@@H]3O[C@H](C)C[C@H](N(C)C)[C@H]3O)[C@](C)(OC)C[C@@H](C)CN2C)CC1. The number of piperidine rings is 1. The number of Topliss-reactive ketones (excluding diaryl/α,β-unsaturated/α-hetero) is 1. The highest BCUT2D eigenvalue weighted by Crippen LogP contribution is 2.40. The summed E-state index contributed by atoms with van der Waals surface area (Å²) in [5.41, 5.74) is -2.14. The van der Waals surface area contributed by atoms with E-state index < -0.39 is 47.0 Å². The van der Waals surface area contributed by atoms with Crippen molar-refractivity contribution in [3.8, 4) is 0 Å². The Bertz CT molecular complexity index is 1100. The van der Waals surface area contributed by atoms with E-state index in [4.69, 9.17) is 28.4 Å². The summed E-state index contributed by atoms with van der Waals surface area (Å²) in [7, 11) is 9.36. The second-order valence-electron chi connectivity index (χ2n) is 17.2. The second kappa shape index (κ2) is 18.9. The molecule has 298 valence electrons. The van der Waals surface area contributed by atoms with E-state index in [1.165, 1.54) is 0 Å². The molecule has 0 aliphatic carbocycles. The molecule has 0 aromatic carbocycles. The molecule has 3 rings (SSSR count). The third kappa shape index (κ3) is 11.6. The number of methoxy groups -OCH3 is 2. The Morgan fingerprint density at radius 1 is 1.06 bits per heavy atom. The van der Waals surface area contributed by atoms with E-state index in [1.807, 2.05) is 53.6 Å². The van der Waals surface area contributed by atoms with Crippen LogP contribution in [0.1, 0.15) is 87.5 Å². The normalized spacial score (nSPS) is 36.0. The van der Waals surface area contributed by atoms with Crippen LogP contribution in [0.5, 0.6) is 0 Å². The molecule has 51 heavy (non-hydrogen) atoms. The number of carbonyl (C=O) groups is 2. The van der Waals surface area contributed by atoms with Gasteiger partial charge in [-0.2, -0.15) is 0 Å². The number of likely N-dealkylation sites (tertiary alicyclic amines) is 1. The molecule has 1 unspecified atom stereocenters. The maximum absolute atomic E-state index is 14.3. The summed E-state index contributed by atoms with van der Waals surface area (Å²) in [5.74, 6) is -1.77. The van der Waals surface area contributed by atoms with Crippen molar-refractivity contribution in [2.45, 2.75) is 129 Å². The second-order valence-corrected chi connectivity index (χ2v) is 17.2. The van der Waals surface area contributed by atoms with Crippen molar-refractivity contribution < 1.29 is 43.1 Å². The predicted molar refractivity (Wildman–Crippen MR) is 197 cm³/mol. The van der Waals surface area contributed by atoms with Gasteiger partial charge in [0.25, 0.3) is 0 Å². The molecule has 0 saturated carbocycles. The molecule has 3 aliphatic rings. The van der Waals surface area contributed by atoms with Gasteiger partial charge in [0, 0.05) is 51.2 Å². The molecule has 0 aromatic heterocycles. The molecule has 0 spiro atoms. The molecule has 0 aromatic rings. The number of aliphatic hydroxyl groups excluding tert-OH is 1. The molecule has 3 saturated heterocycles. The summed E-state index contributed by atoms with van der Waals surface area (Å²) in [6, 6.07) is -0.0950. The number of hydrogen-bond acceptors (Lipinski definition) is 12.